The van der Waals surface area contributed by atoms with Crippen LogP contribution in [0.2, 0.25) is 0 Å². The number of amides is 1. The first-order valence-corrected chi connectivity index (χ1v) is 8.88. The number of nitrogens with one attached hydrogen (secondary N) is 1. The van der Waals surface area contributed by atoms with Gasteiger partial charge in [-0.1, -0.05) is 18.9 Å². The van der Waals surface area contributed by atoms with Crippen molar-refractivity contribution in [3.63, 3.8) is 0 Å². The quantitative estimate of drug-likeness (QED) is 0.250. The highest BCUT2D eigenvalue weighted by molar-refractivity contribution is 7.90. The molecular formula is C14H20N4O3S. The van der Waals surface area contributed by atoms with Crippen molar-refractivity contribution in [2.24, 2.45) is 11.6 Å². The summed E-state index contributed by atoms with van der Waals surface area (Å²) in [4.78, 5) is 12.2. The maximum absolute atomic E-state index is 12.1. The summed E-state index contributed by atoms with van der Waals surface area (Å²) < 4.78 is 24.1. The Kier molecular flexibility index (Phi) is 4.52. The van der Waals surface area contributed by atoms with Crippen molar-refractivity contribution < 1.29 is 13.2 Å². The Morgan fingerprint density at radius 1 is 1.32 bits per heavy atom. The van der Waals surface area contributed by atoms with Crippen molar-refractivity contribution in [3.05, 3.63) is 29.3 Å². The fourth-order valence-electron chi connectivity index (χ4n) is 2.81. The number of hydrogen-bond donors (Lipinski definition) is 3. The van der Waals surface area contributed by atoms with Gasteiger partial charge < -0.3 is 5.73 Å². The molecule has 0 aliphatic heterocycles. The summed E-state index contributed by atoms with van der Waals surface area (Å²) in [5.41, 5.74) is 6.02. The molecule has 8 heteroatoms. The number of sulfone groups is 1. The first kappa shape index (κ1) is 16.4. The summed E-state index contributed by atoms with van der Waals surface area (Å²) in [6, 6.07) is 4.54. The van der Waals surface area contributed by atoms with Crippen LogP contribution in [0.1, 0.15) is 47.5 Å². The number of hydrogen-bond acceptors (Lipinski definition) is 5. The number of hydrazine groups is 1. The molecule has 0 spiro atoms. The van der Waals surface area contributed by atoms with Gasteiger partial charge in [-0.05, 0) is 36.5 Å². The molecule has 1 amide bonds. The normalized spacial score (nSPS) is 15.7. The van der Waals surface area contributed by atoms with Gasteiger partial charge in [-0.3, -0.25) is 10.2 Å². The lowest BCUT2D eigenvalue weighted by atomic mass is 9.96. The highest BCUT2D eigenvalue weighted by Gasteiger charge is 2.26. The van der Waals surface area contributed by atoms with Crippen LogP contribution in [0, 0.1) is 5.41 Å². The van der Waals surface area contributed by atoms with Crippen molar-refractivity contribution in [3.8, 4) is 0 Å². The molecule has 0 heterocycles. The third-order valence-electron chi connectivity index (χ3n) is 3.93. The molecule has 0 unspecified atom stereocenters. The zero-order chi connectivity index (χ0) is 16.5. The average molecular weight is 324 g/mol. The van der Waals surface area contributed by atoms with E-state index in [0.29, 0.717) is 5.01 Å². The number of rotatable bonds is 3. The molecule has 0 radical (unpaired) electrons. The lowest BCUT2D eigenvalue weighted by Gasteiger charge is -2.18. The van der Waals surface area contributed by atoms with E-state index in [1.165, 1.54) is 12.1 Å². The number of nitrogens with two attached hydrogens (primary N) is 2. The number of carbonyl (C=O) groups is 1. The molecule has 5 N–H and O–H groups in total. The summed E-state index contributed by atoms with van der Waals surface area (Å²) in [6.07, 6.45) is 5.18. The molecule has 1 aromatic rings. The summed E-state index contributed by atoms with van der Waals surface area (Å²) in [5, 5.41) is 7.66. The summed E-state index contributed by atoms with van der Waals surface area (Å²) >= 11 is 0. The van der Waals surface area contributed by atoms with Crippen LogP contribution in [0.3, 0.4) is 0 Å². The van der Waals surface area contributed by atoms with Crippen molar-refractivity contribution >= 4 is 21.7 Å². The molecule has 22 heavy (non-hydrogen) atoms. The van der Waals surface area contributed by atoms with E-state index >= 15 is 0 Å². The van der Waals surface area contributed by atoms with Crippen molar-refractivity contribution in [1.29, 1.82) is 5.41 Å². The van der Waals surface area contributed by atoms with E-state index < -0.39 is 21.7 Å². The lowest BCUT2D eigenvalue weighted by molar-refractivity contribution is 0.0844. The second kappa shape index (κ2) is 6.05. The second-order valence-corrected chi connectivity index (χ2v) is 7.55. The first-order valence-electron chi connectivity index (χ1n) is 6.99. The van der Waals surface area contributed by atoms with E-state index in [9.17, 15) is 13.2 Å². The van der Waals surface area contributed by atoms with Gasteiger partial charge >= 0.3 is 0 Å². The van der Waals surface area contributed by atoms with E-state index in [4.69, 9.17) is 17.0 Å². The van der Waals surface area contributed by atoms with E-state index in [0.717, 1.165) is 37.5 Å². The van der Waals surface area contributed by atoms with Crippen LogP contribution in [0.4, 0.5) is 0 Å². The second-order valence-electron chi connectivity index (χ2n) is 5.57. The SMILES string of the molecule is CS(=O)(=O)c1cc(C(=O)N(N)C(=N)N)ccc1C1CCCC1. The Morgan fingerprint density at radius 3 is 2.41 bits per heavy atom. The Hall–Kier alpha value is -1.93. The molecule has 0 atom stereocenters. The van der Waals surface area contributed by atoms with Crippen LogP contribution in [0.5, 0.6) is 0 Å². The van der Waals surface area contributed by atoms with E-state index in [1.807, 2.05) is 0 Å². The predicted octanol–water partition coefficient (Wildman–Crippen LogP) is 0.957. The van der Waals surface area contributed by atoms with E-state index in [1.54, 1.807) is 6.07 Å². The monoisotopic (exact) mass is 324 g/mol. The van der Waals surface area contributed by atoms with Gasteiger partial charge in [-0.15, -0.1) is 0 Å². The third kappa shape index (κ3) is 3.28. The minimum atomic E-state index is -3.47. The summed E-state index contributed by atoms with van der Waals surface area (Å²) in [7, 11) is -3.47. The van der Waals surface area contributed by atoms with Gasteiger partial charge in [0.2, 0.25) is 5.96 Å². The van der Waals surface area contributed by atoms with Crippen LogP contribution >= 0.6 is 0 Å². The zero-order valence-corrected chi connectivity index (χ0v) is 13.2. The van der Waals surface area contributed by atoms with Gasteiger partial charge in [-0.2, -0.15) is 0 Å². The van der Waals surface area contributed by atoms with Crippen LogP contribution in [0.25, 0.3) is 0 Å². The van der Waals surface area contributed by atoms with E-state index in [-0.39, 0.29) is 16.4 Å². The molecule has 2 rings (SSSR count). The molecular weight excluding hydrogens is 304 g/mol. The zero-order valence-electron chi connectivity index (χ0n) is 12.4. The van der Waals surface area contributed by atoms with Crippen LogP contribution in [0.15, 0.2) is 23.1 Å². The van der Waals surface area contributed by atoms with Crippen LogP contribution in [-0.4, -0.2) is 31.5 Å². The highest BCUT2D eigenvalue weighted by Crippen LogP contribution is 2.37. The van der Waals surface area contributed by atoms with Gasteiger partial charge in [0.1, 0.15) is 0 Å². The first-order chi connectivity index (χ1) is 10.2. The number of guanidine groups is 1. The van der Waals surface area contributed by atoms with Crippen molar-refractivity contribution in [2.75, 3.05) is 6.26 Å². The molecule has 0 saturated heterocycles. The highest BCUT2D eigenvalue weighted by atomic mass is 32.2. The lowest BCUT2D eigenvalue weighted by Crippen LogP contribution is -2.46. The summed E-state index contributed by atoms with van der Waals surface area (Å²) in [6.45, 7) is 0. The topological polar surface area (TPSA) is 130 Å². The number of carbonyl (C=O) groups excluding carboxylic acids is 1. The molecule has 1 saturated carbocycles. The van der Waals surface area contributed by atoms with Crippen LogP contribution < -0.4 is 11.6 Å². The molecule has 1 fully saturated rings. The van der Waals surface area contributed by atoms with Gasteiger partial charge in [0.15, 0.2) is 9.84 Å². The Balaban J connectivity index is 2.48. The van der Waals surface area contributed by atoms with Crippen LogP contribution in [-0.2, 0) is 9.84 Å². The maximum atomic E-state index is 12.1. The van der Waals surface area contributed by atoms with Crippen molar-refractivity contribution in [2.45, 2.75) is 36.5 Å². The fourth-order valence-corrected chi connectivity index (χ4v) is 3.81. The minimum absolute atomic E-state index is 0.0971. The van der Waals surface area contributed by atoms with Gasteiger partial charge in [-0.25, -0.2) is 19.3 Å². The Bertz CT molecular complexity index is 709. The fraction of sp³-hybridized carbons (Fsp3) is 0.429. The average Bonchev–Trinajstić information content (AvgIpc) is 2.98. The Morgan fingerprint density at radius 2 is 1.91 bits per heavy atom. The van der Waals surface area contributed by atoms with Crippen molar-refractivity contribution in [1.82, 2.24) is 5.01 Å². The predicted molar refractivity (Wildman–Crippen MR) is 83.0 cm³/mol. The smallest absolute Gasteiger partial charge is 0.274 e. The number of nitrogens with zero attached hydrogens (tertiary/aromatic N) is 1. The van der Waals surface area contributed by atoms with E-state index in [2.05, 4.69) is 0 Å². The van der Waals surface area contributed by atoms with Gasteiger partial charge in [0.25, 0.3) is 5.91 Å². The third-order valence-corrected chi connectivity index (χ3v) is 5.09. The van der Waals surface area contributed by atoms with Gasteiger partial charge in [0, 0.05) is 11.8 Å². The molecule has 120 valence electrons. The molecule has 0 bridgehead atoms. The molecule has 7 nitrogen and oxygen atoms in total. The summed E-state index contributed by atoms with van der Waals surface area (Å²) in [5.74, 6) is 4.28. The standard InChI is InChI=1S/C14H20N4O3S/c1-22(20,21)12-8-10(13(19)18(17)14(15)16)6-7-11(12)9-4-2-3-5-9/h6-9H,2-5,17H2,1H3,(H3,15,16). The minimum Gasteiger partial charge on any atom is -0.369 e. The molecule has 0 aromatic heterocycles. The Labute approximate surface area is 129 Å². The number of benzene rings is 1. The maximum Gasteiger partial charge on any atom is 0.274 e. The molecule has 1 aliphatic carbocycles. The largest absolute Gasteiger partial charge is 0.369 e. The van der Waals surface area contributed by atoms with Gasteiger partial charge in [0.05, 0.1) is 4.90 Å². The molecule has 1 aromatic carbocycles. The molecule has 1 aliphatic rings.